The van der Waals surface area contributed by atoms with Gasteiger partial charge in [-0.1, -0.05) is 0 Å². The molecule has 2 atom stereocenters. The van der Waals surface area contributed by atoms with Crippen molar-refractivity contribution in [1.29, 1.82) is 0 Å². The molecule has 2 fully saturated rings. The van der Waals surface area contributed by atoms with E-state index in [9.17, 15) is 5.11 Å². The quantitative estimate of drug-likeness (QED) is 0.836. The van der Waals surface area contributed by atoms with E-state index >= 15 is 0 Å². The van der Waals surface area contributed by atoms with Gasteiger partial charge in [-0.2, -0.15) is 0 Å². The summed E-state index contributed by atoms with van der Waals surface area (Å²) >= 11 is 0. The first kappa shape index (κ1) is 18.6. The fourth-order valence-electron chi connectivity index (χ4n) is 4.63. The minimum absolute atomic E-state index is 0.103. The number of nitrogen functional groups attached to an aromatic ring is 1. The molecule has 0 aromatic carbocycles. The van der Waals surface area contributed by atoms with Crippen molar-refractivity contribution in [2.24, 2.45) is 0 Å². The van der Waals surface area contributed by atoms with Gasteiger partial charge in [-0.05, 0) is 53.1 Å². The van der Waals surface area contributed by atoms with Crippen molar-refractivity contribution in [2.75, 3.05) is 31.9 Å². The van der Waals surface area contributed by atoms with Gasteiger partial charge in [0.2, 0.25) is 0 Å². The maximum Gasteiger partial charge on any atom is 0.165 e. The molecule has 0 amide bonds. The lowest BCUT2D eigenvalue weighted by molar-refractivity contribution is -0.0653. The van der Waals surface area contributed by atoms with Gasteiger partial charge in [-0.15, -0.1) is 0 Å². The SMILES string of the molecule is CC(C)N1CCC(N2CC[C@@](C)(O)[C@H](n3cnc4c(N)ncnc43)C2)CC1. The van der Waals surface area contributed by atoms with Gasteiger partial charge in [0.15, 0.2) is 11.5 Å². The Bertz CT molecular complexity index is 794. The lowest BCUT2D eigenvalue weighted by atomic mass is 9.86. The summed E-state index contributed by atoms with van der Waals surface area (Å²) in [7, 11) is 0. The predicted octanol–water partition coefficient (Wildman–Crippen LogP) is 1.28. The molecule has 0 aliphatic carbocycles. The highest BCUT2D eigenvalue weighted by Crippen LogP contribution is 2.36. The summed E-state index contributed by atoms with van der Waals surface area (Å²) in [6.07, 6.45) is 6.33. The molecule has 0 radical (unpaired) electrons. The molecule has 27 heavy (non-hydrogen) atoms. The average Bonchev–Trinajstić information content (AvgIpc) is 3.07. The molecule has 2 aliphatic rings. The summed E-state index contributed by atoms with van der Waals surface area (Å²) < 4.78 is 1.99. The van der Waals surface area contributed by atoms with E-state index in [0.29, 0.717) is 29.1 Å². The van der Waals surface area contributed by atoms with Crippen molar-refractivity contribution in [2.45, 2.75) is 63.8 Å². The molecular formula is C19H31N7O. The fourth-order valence-corrected chi connectivity index (χ4v) is 4.63. The van der Waals surface area contributed by atoms with Gasteiger partial charge >= 0.3 is 0 Å². The lowest BCUT2D eigenvalue weighted by Crippen LogP contribution is -2.56. The molecule has 2 saturated heterocycles. The lowest BCUT2D eigenvalue weighted by Gasteiger charge is -2.48. The number of rotatable bonds is 3. The summed E-state index contributed by atoms with van der Waals surface area (Å²) in [5, 5.41) is 11.1. The van der Waals surface area contributed by atoms with Crippen LogP contribution in [0.1, 0.15) is 46.1 Å². The van der Waals surface area contributed by atoms with E-state index in [1.165, 1.54) is 19.2 Å². The van der Waals surface area contributed by atoms with E-state index in [-0.39, 0.29) is 6.04 Å². The van der Waals surface area contributed by atoms with Gasteiger partial charge in [0.1, 0.15) is 11.8 Å². The first-order valence-corrected chi connectivity index (χ1v) is 10.0. The monoisotopic (exact) mass is 373 g/mol. The minimum atomic E-state index is -0.803. The maximum absolute atomic E-state index is 11.1. The summed E-state index contributed by atoms with van der Waals surface area (Å²) in [6, 6.07) is 1.09. The number of imidazole rings is 1. The van der Waals surface area contributed by atoms with Crippen molar-refractivity contribution in [3.05, 3.63) is 12.7 Å². The van der Waals surface area contributed by atoms with Gasteiger partial charge in [0, 0.05) is 25.2 Å². The van der Waals surface area contributed by atoms with Crippen LogP contribution in [0.15, 0.2) is 12.7 Å². The molecule has 0 saturated carbocycles. The average molecular weight is 374 g/mol. The number of piperidine rings is 2. The summed E-state index contributed by atoms with van der Waals surface area (Å²) in [6.45, 7) is 10.5. The molecular weight excluding hydrogens is 342 g/mol. The highest BCUT2D eigenvalue weighted by Gasteiger charge is 2.42. The van der Waals surface area contributed by atoms with E-state index < -0.39 is 5.60 Å². The zero-order valence-corrected chi connectivity index (χ0v) is 16.5. The molecule has 8 heteroatoms. The zero-order chi connectivity index (χ0) is 19.2. The van der Waals surface area contributed by atoms with Crippen LogP contribution in [0.4, 0.5) is 5.82 Å². The zero-order valence-electron chi connectivity index (χ0n) is 16.5. The number of anilines is 1. The van der Waals surface area contributed by atoms with Gasteiger partial charge in [0.05, 0.1) is 18.0 Å². The highest BCUT2D eigenvalue weighted by atomic mass is 16.3. The summed E-state index contributed by atoms with van der Waals surface area (Å²) in [4.78, 5) is 17.9. The molecule has 0 unspecified atom stereocenters. The van der Waals surface area contributed by atoms with Crippen LogP contribution in [0.25, 0.3) is 11.2 Å². The molecule has 148 valence electrons. The number of nitrogens with two attached hydrogens (primary N) is 1. The third kappa shape index (κ3) is 3.41. The van der Waals surface area contributed by atoms with Crippen LogP contribution in [0.5, 0.6) is 0 Å². The molecule has 2 aliphatic heterocycles. The Balaban J connectivity index is 1.56. The van der Waals surface area contributed by atoms with Crippen molar-refractivity contribution < 1.29 is 5.11 Å². The number of aromatic nitrogens is 4. The number of aliphatic hydroxyl groups is 1. The molecule has 4 heterocycles. The second-order valence-corrected chi connectivity index (χ2v) is 8.56. The molecule has 8 nitrogen and oxygen atoms in total. The Labute approximate surface area is 160 Å². The summed E-state index contributed by atoms with van der Waals surface area (Å²) in [5.41, 5.74) is 6.45. The van der Waals surface area contributed by atoms with Crippen molar-refractivity contribution in [3.8, 4) is 0 Å². The van der Waals surface area contributed by atoms with E-state index in [2.05, 4.69) is 38.6 Å². The van der Waals surface area contributed by atoms with E-state index in [1.54, 1.807) is 6.33 Å². The molecule has 2 aromatic heterocycles. The Hall–Kier alpha value is -1.77. The Morgan fingerprint density at radius 1 is 1.19 bits per heavy atom. The predicted molar refractivity (Wildman–Crippen MR) is 105 cm³/mol. The molecule has 3 N–H and O–H groups in total. The second kappa shape index (κ2) is 7.00. The third-order valence-electron chi connectivity index (χ3n) is 6.50. The number of hydrogen-bond donors (Lipinski definition) is 2. The second-order valence-electron chi connectivity index (χ2n) is 8.56. The normalized spacial score (nSPS) is 29.0. The Kier molecular flexibility index (Phi) is 4.82. The number of fused-ring (bicyclic) bond motifs is 1. The molecule has 0 spiro atoms. The fraction of sp³-hybridized carbons (Fsp3) is 0.737. The smallest absolute Gasteiger partial charge is 0.165 e. The van der Waals surface area contributed by atoms with Gasteiger partial charge in [-0.25, -0.2) is 15.0 Å². The van der Waals surface area contributed by atoms with Crippen LogP contribution < -0.4 is 5.73 Å². The Morgan fingerprint density at radius 2 is 1.93 bits per heavy atom. The highest BCUT2D eigenvalue weighted by molar-refractivity contribution is 5.81. The van der Waals surface area contributed by atoms with Crippen LogP contribution in [-0.2, 0) is 0 Å². The maximum atomic E-state index is 11.1. The third-order valence-corrected chi connectivity index (χ3v) is 6.50. The Morgan fingerprint density at radius 3 is 2.63 bits per heavy atom. The van der Waals surface area contributed by atoms with Crippen molar-refractivity contribution in [1.82, 2.24) is 29.3 Å². The first-order chi connectivity index (χ1) is 12.9. The number of hydrogen-bond acceptors (Lipinski definition) is 7. The van der Waals surface area contributed by atoms with Crippen molar-refractivity contribution in [3.63, 3.8) is 0 Å². The van der Waals surface area contributed by atoms with Crippen molar-refractivity contribution >= 4 is 17.0 Å². The molecule has 4 rings (SSSR count). The first-order valence-electron chi connectivity index (χ1n) is 10.0. The largest absolute Gasteiger partial charge is 0.388 e. The molecule has 0 bridgehead atoms. The van der Waals surface area contributed by atoms with Gasteiger partial charge < -0.3 is 20.3 Å². The van der Waals surface area contributed by atoms with E-state index in [1.807, 2.05) is 11.5 Å². The number of nitrogens with zero attached hydrogens (tertiary/aromatic N) is 6. The van der Waals surface area contributed by atoms with E-state index in [4.69, 9.17) is 5.73 Å². The van der Waals surface area contributed by atoms with Gasteiger partial charge in [0.25, 0.3) is 0 Å². The topological polar surface area (TPSA) is 96.3 Å². The van der Waals surface area contributed by atoms with Crippen LogP contribution >= 0.6 is 0 Å². The summed E-state index contributed by atoms with van der Waals surface area (Å²) in [5.74, 6) is 0.382. The van der Waals surface area contributed by atoms with Crippen LogP contribution in [0.2, 0.25) is 0 Å². The van der Waals surface area contributed by atoms with Crippen LogP contribution in [0.3, 0.4) is 0 Å². The molecule has 2 aromatic rings. The van der Waals surface area contributed by atoms with Gasteiger partial charge in [-0.3, -0.25) is 4.90 Å². The van der Waals surface area contributed by atoms with Crippen LogP contribution in [0, 0.1) is 0 Å². The number of likely N-dealkylation sites (tertiary alicyclic amines) is 2. The standard InChI is InChI=1S/C19H31N7O/c1-13(2)24-7-4-14(5-8-24)25-9-6-19(3,27)15(10-25)26-12-23-16-17(20)21-11-22-18(16)26/h11-15,27H,4-10H2,1-3H3,(H2,20,21,22)/t15-,19-/m1/s1. The minimum Gasteiger partial charge on any atom is -0.388 e. The van der Waals surface area contributed by atoms with Crippen LogP contribution in [-0.4, -0.2) is 78.3 Å². The van der Waals surface area contributed by atoms with E-state index in [0.717, 1.165) is 32.6 Å².